The SMILES string of the molecule is CC(C)CC(c1ccc(OC(OC23CC4CC(C2)C(C4)C3)C2CCCc3ccccc32)cc1)C(C)C. The third-order valence-electron chi connectivity index (χ3n) is 10.1. The molecule has 5 atom stereocenters. The minimum absolute atomic E-state index is 0.0491. The lowest BCUT2D eigenvalue weighted by atomic mass is 9.77. The summed E-state index contributed by atoms with van der Waals surface area (Å²) in [5.41, 5.74) is 4.43. The van der Waals surface area contributed by atoms with E-state index in [2.05, 4.69) is 76.2 Å². The smallest absolute Gasteiger partial charge is 0.207 e. The van der Waals surface area contributed by atoms with Crippen molar-refractivity contribution in [1.29, 1.82) is 0 Å². The highest BCUT2D eigenvalue weighted by Crippen LogP contribution is 2.62. The van der Waals surface area contributed by atoms with Crippen LogP contribution in [0.1, 0.15) is 108 Å². The van der Waals surface area contributed by atoms with Gasteiger partial charge < -0.3 is 9.47 Å². The maximum atomic E-state index is 7.22. The van der Waals surface area contributed by atoms with Crippen LogP contribution in [0.5, 0.6) is 5.75 Å². The Morgan fingerprint density at radius 2 is 1.61 bits per heavy atom. The molecule has 0 aromatic heterocycles. The number of aryl methyl sites for hydroxylation is 1. The Morgan fingerprint density at radius 3 is 2.28 bits per heavy atom. The molecule has 194 valence electrons. The third-order valence-corrected chi connectivity index (χ3v) is 10.1. The molecule has 36 heavy (non-hydrogen) atoms. The standard InChI is InChI=1S/C34H46O2/c1-22(2)16-32(23(3)4)26-12-14-29(15-13-26)35-33(31-11-7-9-25-8-5-6-10-30(25)31)36-34-19-24-17-27(20-34)28(18-24)21-34/h5-6,8,10,12-15,22-24,27-28,31-33H,7,9,11,16-21H2,1-4H3. The van der Waals surface area contributed by atoms with Gasteiger partial charge >= 0.3 is 0 Å². The predicted octanol–water partition coefficient (Wildman–Crippen LogP) is 8.89. The number of benzene rings is 2. The molecule has 2 heteroatoms. The Morgan fingerprint density at radius 1 is 0.889 bits per heavy atom. The fourth-order valence-corrected chi connectivity index (χ4v) is 8.62. The van der Waals surface area contributed by atoms with Crippen molar-refractivity contribution in [2.24, 2.45) is 29.6 Å². The highest BCUT2D eigenvalue weighted by molar-refractivity contribution is 5.34. The third kappa shape index (κ3) is 4.75. The lowest BCUT2D eigenvalue weighted by Crippen LogP contribution is -2.44. The summed E-state index contributed by atoms with van der Waals surface area (Å²) in [6.07, 6.45) is 11.2. The van der Waals surface area contributed by atoms with E-state index >= 15 is 0 Å². The first-order chi connectivity index (χ1) is 17.4. The maximum absolute atomic E-state index is 7.22. The molecule has 4 fully saturated rings. The number of rotatable bonds is 9. The van der Waals surface area contributed by atoms with Crippen LogP contribution in [0.15, 0.2) is 48.5 Å². The summed E-state index contributed by atoms with van der Waals surface area (Å²) >= 11 is 0. The minimum atomic E-state index is -0.204. The zero-order valence-corrected chi connectivity index (χ0v) is 22.9. The molecule has 0 amide bonds. The quantitative estimate of drug-likeness (QED) is 0.329. The van der Waals surface area contributed by atoms with Gasteiger partial charge in [0.1, 0.15) is 5.75 Å². The molecule has 0 radical (unpaired) electrons. The van der Waals surface area contributed by atoms with E-state index in [4.69, 9.17) is 9.47 Å². The van der Waals surface area contributed by atoms with Crippen molar-refractivity contribution >= 4 is 0 Å². The molecule has 0 aliphatic heterocycles. The number of fused-ring (bicyclic) bond motifs is 1. The first-order valence-corrected chi connectivity index (χ1v) is 14.9. The van der Waals surface area contributed by atoms with Crippen molar-refractivity contribution in [1.82, 2.24) is 0 Å². The van der Waals surface area contributed by atoms with E-state index in [0.29, 0.717) is 23.7 Å². The van der Waals surface area contributed by atoms with Crippen LogP contribution in [0.3, 0.4) is 0 Å². The van der Waals surface area contributed by atoms with Crippen molar-refractivity contribution in [3.8, 4) is 5.75 Å². The Bertz CT molecular complexity index is 1020. The van der Waals surface area contributed by atoms with Crippen LogP contribution in [0, 0.1) is 29.6 Å². The molecule has 2 aromatic rings. The second-order valence-electron chi connectivity index (χ2n) is 13.5. The van der Waals surface area contributed by atoms with Crippen molar-refractivity contribution in [3.63, 3.8) is 0 Å². The molecule has 5 aliphatic rings. The van der Waals surface area contributed by atoms with Crippen molar-refractivity contribution in [2.45, 2.75) is 109 Å². The normalized spacial score (nSPS) is 32.2. The highest BCUT2D eigenvalue weighted by Gasteiger charge is 2.58. The summed E-state index contributed by atoms with van der Waals surface area (Å²) in [6.45, 7) is 9.37. The Balaban J connectivity index is 1.26. The van der Waals surface area contributed by atoms with Gasteiger partial charge in [-0.25, -0.2) is 0 Å². The van der Waals surface area contributed by atoms with Crippen molar-refractivity contribution in [3.05, 3.63) is 65.2 Å². The van der Waals surface area contributed by atoms with Gasteiger partial charge in [0.15, 0.2) is 0 Å². The molecule has 2 nitrogen and oxygen atoms in total. The molecule has 7 rings (SSSR count). The van der Waals surface area contributed by atoms with E-state index in [1.807, 2.05) is 0 Å². The van der Waals surface area contributed by atoms with Crippen LogP contribution in [-0.4, -0.2) is 11.9 Å². The molecule has 2 aromatic carbocycles. The molecule has 4 saturated carbocycles. The van der Waals surface area contributed by atoms with E-state index in [1.54, 1.807) is 0 Å². The average Bonchev–Trinajstić information content (AvgIpc) is 3.27. The summed E-state index contributed by atoms with van der Waals surface area (Å²) in [5.74, 6) is 5.90. The fraction of sp³-hybridized carbons (Fsp3) is 0.647. The molecule has 0 saturated heterocycles. The van der Waals surface area contributed by atoms with E-state index in [9.17, 15) is 0 Å². The van der Waals surface area contributed by atoms with Crippen LogP contribution in [0.2, 0.25) is 0 Å². The molecule has 5 unspecified atom stereocenters. The summed E-state index contributed by atoms with van der Waals surface area (Å²) in [7, 11) is 0. The van der Waals surface area contributed by atoms with Crippen LogP contribution in [-0.2, 0) is 11.2 Å². The van der Waals surface area contributed by atoms with Gasteiger partial charge in [0.2, 0.25) is 6.29 Å². The lowest BCUT2D eigenvalue weighted by molar-refractivity contribution is -0.199. The van der Waals surface area contributed by atoms with Crippen molar-refractivity contribution < 1.29 is 9.47 Å². The molecule has 0 spiro atoms. The topological polar surface area (TPSA) is 18.5 Å². The van der Waals surface area contributed by atoms with E-state index in [-0.39, 0.29) is 11.9 Å². The van der Waals surface area contributed by atoms with Crippen molar-refractivity contribution in [2.75, 3.05) is 0 Å². The van der Waals surface area contributed by atoms with Gasteiger partial charge in [-0.2, -0.15) is 0 Å². The summed E-state index contributed by atoms with van der Waals surface area (Å²) in [5, 5.41) is 0. The Hall–Kier alpha value is -1.80. The van der Waals surface area contributed by atoms with Gasteiger partial charge in [0, 0.05) is 5.92 Å². The zero-order valence-electron chi connectivity index (χ0n) is 22.9. The lowest BCUT2D eigenvalue weighted by Gasteiger charge is -2.43. The molecule has 4 bridgehead atoms. The highest BCUT2D eigenvalue weighted by atomic mass is 16.7. The molecule has 5 aliphatic carbocycles. The van der Waals surface area contributed by atoms with Crippen LogP contribution in [0.25, 0.3) is 0 Å². The molecule has 0 N–H and O–H groups in total. The molecular weight excluding hydrogens is 440 g/mol. The molecule has 0 heterocycles. The minimum Gasteiger partial charge on any atom is -0.464 e. The van der Waals surface area contributed by atoms with Gasteiger partial charge in [0.05, 0.1) is 5.60 Å². The average molecular weight is 487 g/mol. The second kappa shape index (κ2) is 9.82. The maximum Gasteiger partial charge on any atom is 0.207 e. The van der Waals surface area contributed by atoms with Gasteiger partial charge in [-0.05, 0) is 122 Å². The Kier molecular flexibility index (Phi) is 6.69. The predicted molar refractivity (Wildman–Crippen MR) is 147 cm³/mol. The van der Waals surface area contributed by atoms with Gasteiger partial charge in [-0.3, -0.25) is 0 Å². The monoisotopic (exact) mass is 486 g/mol. The van der Waals surface area contributed by atoms with Gasteiger partial charge in [-0.15, -0.1) is 0 Å². The van der Waals surface area contributed by atoms with E-state index < -0.39 is 0 Å². The first kappa shape index (κ1) is 24.5. The van der Waals surface area contributed by atoms with Crippen LogP contribution >= 0.6 is 0 Å². The largest absolute Gasteiger partial charge is 0.464 e. The second-order valence-corrected chi connectivity index (χ2v) is 13.5. The number of hydrogen-bond donors (Lipinski definition) is 0. The first-order valence-electron chi connectivity index (χ1n) is 14.9. The number of ether oxygens (including phenoxy) is 2. The number of hydrogen-bond acceptors (Lipinski definition) is 2. The zero-order chi connectivity index (χ0) is 24.9. The summed E-state index contributed by atoms with van der Waals surface area (Å²) < 4.78 is 14.1. The van der Waals surface area contributed by atoms with E-state index in [1.165, 1.54) is 68.1 Å². The molecular formula is C34H46O2. The van der Waals surface area contributed by atoms with Gasteiger partial charge in [0.25, 0.3) is 0 Å². The fourth-order valence-electron chi connectivity index (χ4n) is 8.62. The Labute approximate surface area is 219 Å². The van der Waals surface area contributed by atoms with Crippen LogP contribution < -0.4 is 4.74 Å². The summed E-state index contributed by atoms with van der Waals surface area (Å²) in [4.78, 5) is 0. The van der Waals surface area contributed by atoms with Crippen LogP contribution in [0.4, 0.5) is 0 Å². The summed E-state index contributed by atoms with van der Waals surface area (Å²) in [6, 6.07) is 18.1. The van der Waals surface area contributed by atoms with Gasteiger partial charge in [-0.1, -0.05) is 64.1 Å². The van der Waals surface area contributed by atoms with E-state index in [0.717, 1.165) is 29.9 Å².